The third kappa shape index (κ3) is 7.16. The van der Waals surface area contributed by atoms with E-state index in [0.29, 0.717) is 42.6 Å². The number of benzene rings is 3. The fraction of sp³-hybridized carbons (Fsp3) is 0.276. The van der Waals surface area contributed by atoms with Gasteiger partial charge in [0.1, 0.15) is 11.6 Å². The van der Waals surface area contributed by atoms with Crippen LogP contribution in [0.1, 0.15) is 46.4 Å². The Bertz CT molecular complexity index is 1240. The van der Waals surface area contributed by atoms with Crippen LogP contribution >= 0.6 is 0 Å². The standard InChI is InChI=1S/C29H29FN2O5/c30-24-10-4-19(5-11-24)22-2-1-3-23(18-22)28(34)32-17-16-31-27(33)20-6-12-25(13-7-20)37-26-14-8-21(9-15-26)29(35)36/h1-7,10-13,18,21,26H,8-9,14-17H2,(H,31,33)(H,32,34)(H,35,36)/t21-,26+. The fourth-order valence-corrected chi connectivity index (χ4v) is 4.34. The molecule has 0 unspecified atom stereocenters. The second kappa shape index (κ2) is 12.2. The summed E-state index contributed by atoms with van der Waals surface area (Å²) in [6.07, 6.45) is 2.59. The molecule has 0 spiro atoms. The maximum Gasteiger partial charge on any atom is 0.306 e. The summed E-state index contributed by atoms with van der Waals surface area (Å²) in [5.74, 6) is -1.24. The molecule has 0 saturated heterocycles. The normalized spacial score (nSPS) is 17.0. The number of rotatable bonds is 9. The van der Waals surface area contributed by atoms with E-state index >= 15 is 0 Å². The largest absolute Gasteiger partial charge is 0.490 e. The number of hydrogen-bond donors (Lipinski definition) is 3. The van der Waals surface area contributed by atoms with Gasteiger partial charge in [0, 0.05) is 24.2 Å². The molecule has 3 aromatic carbocycles. The van der Waals surface area contributed by atoms with Crippen LogP contribution in [0.25, 0.3) is 11.1 Å². The van der Waals surface area contributed by atoms with Gasteiger partial charge in [0.2, 0.25) is 0 Å². The van der Waals surface area contributed by atoms with Crippen molar-refractivity contribution in [2.24, 2.45) is 5.92 Å². The van der Waals surface area contributed by atoms with Gasteiger partial charge in [-0.1, -0.05) is 24.3 Å². The Kier molecular flexibility index (Phi) is 8.51. The van der Waals surface area contributed by atoms with Crippen LogP contribution in [0.3, 0.4) is 0 Å². The van der Waals surface area contributed by atoms with Gasteiger partial charge in [-0.3, -0.25) is 14.4 Å². The summed E-state index contributed by atoms with van der Waals surface area (Å²) in [5.41, 5.74) is 2.56. The minimum atomic E-state index is -0.746. The highest BCUT2D eigenvalue weighted by molar-refractivity contribution is 5.96. The summed E-state index contributed by atoms with van der Waals surface area (Å²) in [6.45, 7) is 0.513. The highest BCUT2D eigenvalue weighted by atomic mass is 19.1. The van der Waals surface area contributed by atoms with E-state index in [1.807, 2.05) is 6.07 Å². The van der Waals surface area contributed by atoms with Gasteiger partial charge in [0.25, 0.3) is 11.8 Å². The van der Waals surface area contributed by atoms with Gasteiger partial charge < -0.3 is 20.5 Å². The Hall–Kier alpha value is -4.20. The lowest BCUT2D eigenvalue weighted by Crippen LogP contribution is -2.34. The molecule has 4 rings (SSSR count). The second-order valence-corrected chi connectivity index (χ2v) is 9.05. The summed E-state index contributed by atoms with van der Waals surface area (Å²) in [7, 11) is 0. The van der Waals surface area contributed by atoms with E-state index in [4.69, 9.17) is 9.84 Å². The molecule has 3 aromatic rings. The van der Waals surface area contributed by atoms with E-state index in [2.05, 4.69) is 10.6 Å². The van der Waals surface area contributed by atoms with Crippen LogP contribution in [0.2, 0.25) is 0 Å². The first kappa shape index (κ1) is 25.9. The highest BCUT2D eigenvalue weighted by Crippen LogP contribution is 2.28. The maximum absolute atomic E-state index is 13.2. The van der Waals surface area contributed by atoms with Gasteiger partial charge in [0.05, 0.1) is 12.0 Å². The summed E-state index contributed by atoms with van der Waals surface area (Å²) < 4.78 is 19.1. The van der Waals surface area contributed by atoms with Gasteiger partial charge in [-0.25, -0.2) is 4.39 Å². The molecular weight excluding hydrogens is 475 g/mol. The Balaban J connectivity index is 1.20. The molecule has 37 heavy (non-hydrogen) atoms. The molecule has 0 aromatic heterocycles. The molecule has 0 heterocycles. The maximum atomic E-state index is 13.2. The van der Waals surface area contributed by atoms with Crippen LogP contribution in [-0.4, -0.2) is 42.1 Å². The molecule has 1 saturated carbocycles. The number of amides is 2. The van der Waals surface area contributed by atoms with Crippen LogP contribution in [0, 0.1) is 11.7 Å². The number of carbonyl (C=O) groups is 3. The van der Waals surface area contributed by atoms with E-state index in [1.165, 1.54) is 12.1 Å². The molecule has 7 nitrogen and oxygen atoms in total. The zero-order valence-electron chi connectivity index (χ0n) is 20.3. The van der Waals surface area contributed by atoms with Crippen molar-refractivity contribution in [1.29, 1.82) is 0 Å². The minimum absolute atomic E-state index is 0.0183. The topological polar surface area (TPSA) is 105 Å². The number of nitrogens with one attached hydrogen (secondary N) is 2. The molecule has 0 radical (unpaired) electrons. The van der Waals surface area contributed by atoms with E-state index in [0.717, 1.165) is 11.1 Å². The Labute approximate surface area is 214 Å². The summed E-state index contributed by atoms with van der Waals surface area (Å²) in [4.78, 5) is 36.0. The summed E-state index contributed by atoms with van der Waals surface area (Å²) in [5, 5.41) is 14.7. The van der Waals surface area contributed by atoms with E-state index in [-0.39, 0.29) is 42.7 Å². The van der Waals surface area contributed by atoms with Gasteiger partial charge >= 0.3 is 5.97 Å². The van der Waals surface area contributed by atoms with Crippen molar-refractivity contribution in [2.75, 3.05) is 13.1 Å². The van der Waals surface area contributed by atoms with Gasteiger partial charge in [-0.2, -0.15) is 0 Å². The van der Waals surface area contributed by atoms with Gasteiger partial charge in [-0.05, 0) is 85.3 Å². The second-order valence-electron chi connectivity index (χ2n) is 9.05. The van der Waals surface area contributed by atoms with E-state index in [9.17, 15) is 18.8 Å². The van der Waals surface area contributed by atoms with Crippen molar-refractivity contribution in [3.63, 3.8) is 0 Å². The number of ether oxygens (including phenoxy) is 1. The van der Waals surface area contributed by atoms with Crippen molar-refractivity contribution in [3.8, 4) is 16.9 Å². The number of hydrogen-bond acceptors (Lipinski definition) is 4. The van der Waals surface area contributed by atoms with Crippen molar-refractivity contribution >= 4 is 17.8 Å². The molecule has 1 fully saturated rings. The lowest BCUT2D eigenvalue weighted by atomic mass is 9.87. The summed E-state index contributed by atoms with van der Waals surface area (Å²) >= 11 is 0. The lowest BCUT2D eigenvalue weighted by molar-refractivity contribution is -0.143. The number of carboxylic acids is 1. The average molecular weight is 505 g/mol. The lowest BCUT2D eigenvalue weighted by Gasteiger charge is -2.26. The van der Waals surface area contributed by atoms with Gasteiger partial charge in [0.15, 0.2) is 0 Å². The predicted molar refractivity (Wildman–Crippen MR) is 137 cm³/mol. The molecule has 3 N–H and O–H groups in total. The predicted octanol–water partition coefficient (Wildman–Crippen LogP) is 4.67. The van der Waals surface area contributed by atoms with Crippen LogP contribution in [0.5, 0.6) is 5.75 Å². The third-order valence-electron chi connectivity index (χ3n) is 6.44. The SMILES string of the molecule is O=C(NCCNC(=O)c1cccc(-c2ccc(F)cc2)c1)c1ccc(O[C@H]2CC[C@@H](C(=O)O)CC2)cc1. The van der Waals surface area contributed by atoms with Crippen molar-refractivity contribution < 1.29 is 28.6 Å². The minimum Gasteiger partial charge on any atom is -0.490 e. The molecule has 1 aliphatic rings. The van der Waals surface area contributed by atoms with E-state index < -0.39 is 5.97 Å². The van der Waals surface area contributed by atoms with E-state index in [1.54, 1.807) is 54.6 Å². The first-order chi connectivity index (χ1) is 17.9. The zero-order valence-corrected chi connectivity index (χ0v) is 20.3. The van der Waals surface area contributed by atoms with Crippen LogP contribution in [0.15, 0.2) is 72.8 Å². The van der Waals surface area contributed by atoms with Crippen molar-refractivity contribution in [1.82, 2.24) is 10.6 Å². The molecule has 0 aliphatic heterocycles. The van der Waals surface area contributed by atoms with Crippen LogP contribution < -0.4 is 15.4 Å². The Morgan fingerprint density at radius 2 is 1.41 bits per heavy atom. The molecular formula is C29H29FN2O5. The zero-order chi connectivity index (χ0) is 26.2. The van der Waals surface area contributed by atoms with Crippen LogP contribution in [-0.2, 0) is 4.79 Å². The molecule has 0 atom stereocenters. The van der Waals surface area contributed by atoms with Gasteiger partial charge in [-0.15, -0.1) is 0 Å². The molecule has 2 amide bonds. The molecule has 0 bridgehead atoms. The third-order valence-corrected chi connectivity index (χ3v) is 6.44. The Morgan fingerprint density at radius 1 is 0.784 bits per heavy atom. The molecule has 192 valence electrons. The smallest absolute Gasteiger partial charge is 0.306 e. The van der Waals surface area contributed by atoms with Crippen molar-refractivity contribution in [3.05, 3.63) is 89.7 Å². The average Bonchev–Trinajstić information content (AvgIpc) is 2.92. The first-order valence-electron chi connectivity index (χ1n) is 12.3. The molecule has 8 heteroatoms. The highest BCUT2D eigenvalue weighted by Gasteiger charge is 2.26. The number of carboxylic acid groups (broad SMARTS) is 1. The van der Waals surface area contributed by atoms with Crippen molar-refractivity contribution in [2.45, 2.75) is 31.8 Å². The number of aliphatic carboxylic acids is 1. The monoisotopic (exact) mass is 504 g/mol. The fourth-order valence-electron chi connectivity index (χ4n) is 4.34. The summed E-state index contributed by atoms with van der Waals surface area (Å²) in [6, 6.07) is 19.9. The number of halogens is 1. The Morgan fingerprint density at radius 3 is 2.03 bits per heavy atom. The molecule has 1 aliphatic carbocycles. The van der Waals surface area contributed by atoms with Crippen LogP contribution in [0.4, 0.5) is 4.39 Å². The number of carbonyl (C=O) groups excluding carboxylic acids is 2. The quantitative estimate of drug-likeness (QED) is 0.367. The first-order valence-corrected chi connectivity index (χ1v) is 12.3.